The number of fused-ring (bicyclic) bond motifs is 12. The van der Waals surface area contributed by atoms with Gasteiger partial charge in [0.1, 0.15) is 0 Å². The lowest BCUT2D eigenvalue weighted by Crippen LogP contribution is -2.37. The van der Waals surface area contributed by atoms with Crippen molar-refractivity contribution in [2.24, 2.45) is 0 Å². The van der Waals surface area contributed by atoms with Gasteiger partial charge in [-0.1, -0.05) is 108 Å². The van der Waals surface area contributed by atoms with Crippen molar-refractivity contribution in [1.82, 2.24) is 4.40 Å². The number of benzene rings is 6. The van der Waals surface area contributed by atoms with E-state index in [9.17, 15) is 0 Å². The molecule has 8 aromatic rings. The molecule has 300 valence electrons. The summed E-state index contributed by atoms with van der Waals surface area (Å²) < 4.78 is 2.59. The molecule has 0 spiro atoms. The van der Waals surface area contributed by atoms with E-state index in [2.05, 4.69) is 211 Å². The van der Waals surface area contributed by atoms with Gasteiger partial charge in [-0.3, -0.25) is 0 Å². The number of para-hydroxylation sites is 3. The molecule has 0 amide bonds. The van der Waals surface area contributed by atoms with Crippen molar-refractivity contribution in [3.05, 3.63) is 209 Å². The molecule has 3 unspecified atom stereocenters. The Morgan fingerprint density at radius 1 is 0.677 bits per heavy atom. The van der Waals surface area contributed by atoms with Gasteiger partial charge in [-0.05, 0) is 130 Å². The lowest BCUT2D eigenvalue weighted by Gasteiger charge is -2.38. The number of aryl methyl sites for hydroxylation is 2. The number of rotatable bonds is 6. The zero-order valence-corrected chi connectivity index (χ0v) is 35.7. The van der Waals surface area contributed by atoms with Gasteiger partial charge in [0.25, 0.3) is 0 Å². The fraction of sp³-hybridized carbons (Fsp3) is 0.172. The van der Waals surface area contributed by atoms with Gasteiger partial charge in [-0.2, -0.15) is 0 Å². The monoisotopic (exact) mass is 800 g/mol. The summed E-state index contributed by atoms with van der Waals surface area (Å²) >= 11 is 0. The van der Waals surface area contributed by atoms with E-state index in [1.54, 1.807) is 0 Å². The van der Waals surface area contributed by atoms with Gasteiger partial charge in [0.2, 0.25) is 0 Å². The van der Waals surface area contributed by atoms with E-state index < -0.39 is 0 Å². The molecule has 3 aliphatic carbocycles. The Bertz CT molecular complexity index is 3400. The average Bonchev–Trinajstić information content (AvgIpc) is 4.03. The number of anilines is 5. The van der Waals surface area contributed by atoms with E-state index in [-0.39, 0.29) is 18.0 Å². The van der Waals surface area contributed by atoms with E-state index in [4.69, 9.17) is 0 Å². The van der Waals surface area contributed by atoms with Crippen LogP contribution in [0.4, 0.5) is 28.4 Å². The first-order valence-electron chi connectivity index (χ1n) is 22.4. The fourth-order valence-electron chi connectivity index (χ4n) is 11.7. The standard InChI is InChI=1S/C58H48N4/c1-35-23-25-41(31-37(35)3)59(39-15-7-5-8-16-39)51-29-27-43-47-33-54-48(34-53(47)61-49-21-13-11-19-45(49)55(51)57(43)61)44-28-30-52(56-46-20-12-14-22-50(46)62(54)58(44)56)60(40-17-9-6-10-18-40)42-26-24-36(2)38(4)32-42/h5-9,11-17,19-24,26-34,41,43,57H,10,18,25H2,1-4H3. The maximum absolute atomic E-state index is 2.69. The molecule has 0 fully saturated rings. The zero-order valence-electron chi connectivity index (χ0n) is 35.7. The van der Waals surface area contributed by atoms with Gasteiger partial charge in [-0.25, -0.2) is 0 Å². The van der Waals surface area contributed by atoms with Crippen LogP contribution in [0.25, 0.3) is 43.7 Å². The zero-order chi connectivity index (χ0) is 41.4. The van der Waals surface area contributed by atoms with Gasteiger partial charge in [0, 0.05) is 72.7 Å². The maximum atomic E-state index is 2.69. The van der Waals surface area contributed by atoms with Crippen molar-refractivity contribution in [3.8, 4) is 0 Å². The fourth-order valence-corrected chi connectivity index (χ4v) is 11.7. The second-order valence-electron chi connectivity index (χ2n) is 18.1. The number of nitrogens with zero attached hydrogens (tertiary/aromatic N) is 4. The van der Waals surface area contributed by atoms with Crippen molar-refractivity contribution in [2.45, 2.75) is 65.0 Å². The molecule has 4 nitrogen and oxygen atoms in total. The number of allylic oxidation sites excluding steroid dienone is 7. The van der Waals surface area contributed by atoms with Crippen LogP contribution in [0, 0.1) is 13.8 Å². The normalized spacial score (nSPS) is 20.0. The third-order valence-corrected chi connectivity index (χ3v) is 14.8. The highest BCUT2D eigenvalue weighted by Crippen LogP contribution is 2.61. The van der Waals surface area contributed by atoms with Crippen LogP contribution in [-0.4, -0.2) is 16.5 Å². The summed E-state index contributed by atoms with van der Waals surface area (Å²) in [6.07, 6.45) is 19.7. The van der Waals surface area contributed by atoms with E-state index in [1.807, 2.05) is 0 Å². The summed E-state index contributed by atoms with van der Waals surface area (Å²) in [4.78, 5) is 7.85. The summed E-state index contributed by atoms with van der Waals surface area (Å²) in [6, 6.07) is 46.5. The molecule has 0 saturated heterocycles. The summed E-state index contributed by atoms with van der Waals surface area (Å²) in [7, 11) is 0. The Balaban J connectivity index is 1.03. The van der Waals surface area contributed by atoms with Gasteiger partial charge in [0.15, 0.2) is 0 Å². The lowest BCUT2D eigenvalue weighted by molar-refractivity contribution is 0.726. The van der Waals surface area contributed by atoms with Crippen LogP contribution in [0.3, 0.4) is 0 Å². The molecule has 13 rings (SSSR count). The van der Waals surface area contributed by atoms with Crippen LogP contribution in [0.1, 0.15) is 61.3 Å². The smallest absolute Gasteiger partial charge is 0.0723 e. The SMILES string of the molecule is CC1=CCC(N(C2=C3c4ccccc4N4c5cc6c7ccc(N(C8=CC=CCC8)c8ccc(C)c(C)c8)c8c9ccccc9n(c6cc5C(C=C2)C34)c78)c2ccccc2)C=C1C. The van der Waals surface area contributed by atoms with Crippen molar-refractivity contribution >= 4 is 72.1 Å². The van der Waals surface area contributed by atoms with Crippen LogP contribution >= 0.6 is 0 Å². The Hall–Kier alpha value is -7.04. The van der Waals surface area contributed by atoms with Crippen LogP contribution < -0.4 is 14.7 Å². The van der Waals surface area contributed by atoms with E-state index >= 15 is 0 Å². The van der Waals surface area contributed by atoms with E-state index in [0.717, 1.165) is 19.3 Å². The summed E-state index contributed by atoms with van der Waals surface area (Å²) in [5.74, 6) is 0.216. The summed E-state index contributed by atoms with van der Waals surface area (Å²) in [5, 5.41) is 5.24. The van der Waals surface area contributed by atoms with Gasteiger partial charge in [0.05, 0.1) is 34.3 Å². The third-order valence-electron chi connectivity index (χ3n) is 14.8. The molecule has 0 radical (unpaired) electrons. The average molecular weight is 801 g/mol. The predicted octanol–water partition coefficient (Wildman–Crippen LogP) is 14.9. The first kappa shape index (κ1) is 35.7. The quantitative estimate of drug-likeness (QED) is 0.166. The molecule has 6 aromatic carbocycles. The molecule has 0 saturated carbocycles. The molecule has 62 heavy (non-hydrogen) atoms. The predicted molar refractivity (Wildman–Crippen MR) is 262 cm³/mol. The highest BCUT2D eigenvalue weighted by atomic mass is 15.2. The molecule has 0 bridgehead atoms. The van der Waals surface area contributed by atoms with Crippen LogP contribution in [-0.2, 0) is 0 Å². The Labute approximate surface area is 363 Å². The number of hydrogen-bond donors (Lipinski definition) is 0. The molecule has 4 heterocycles. The maximum Gasteiger partial charge on any atom is 0.0723 e. The van der Waals surface area contributed by atoms with Crippen LogP contribution in [0.2, 0.25) is 0 Å². The van der Waals surface area contributed by atoms with E-state index in [1.165, 1.54) is 117 Å². The number of aromatic nitrogens is 1. The molecule has 3 atom stereocenters. The molecule has 4 heteroatoms. The van der Waals surface area contributed by atoms with Gasteiger partial charge < -0.3 is 19.1 Å². The Morgan fingerprint density at radius 3 is 2.35 bits per heavy atom. The first-order chi connectivity index (χ1) is 30.4. The van der Waals surface area contributed by atoms with Crippen LogP contribution in [0.15, 0.2) is 186 Å². The third kappa shape index (κ3) is 4.89. The van der Waals surface area contributed by atoms with Crippen molar-refractivity contribution in [2.75, 3.05) is 14.7 Å². The second kappa shape index (κ2) is 13.2. The van der Waals surface area contributed by atoms with Gasteiger partial charge >= 0.3 is 0 Å². The molecule has 2 aliphatic heterocycles. The Kier molecular flexibility index (Phi) is 7.62. The lowest BCUT2D eigenvalue weighted by atomic mass is 9.82. The first-order valence-corrected chi connectivity index (χ1v) is 22.4. The Morgan fingerprint density at radius 2 is 1.52 bits per heavy atom. The topological polar surface area (TPSA) is 14.1 Å². The minimum atomic E-state index is 0.176. The summed E-state index contributed by atoms with van der Waals surface area (Å²) in [5.41, 5.74) is 22.4. The largest absolute Gasteiger partial charge is 0.334 e. The van der Waals surface area contributed by atoms with Crippen molar-refractivity contribution in [1.29, 1.82) is 0 Å². The molecule has 0 N–H and O–H groups in total. The second-order valence-corrected chi connectivity index (χ2v) is 18.1. The van der Waals surface area contributed by atoms with Crippen molar-refractivity contribution in [3.63, 3.8) is 0 Å². The molecule has 2 aromatic heterocycles. The van der Waals surface area contributed by atoms with Crippen LogP contribution in [0.5, 0.6) is 0 Å². The van der Waals surface area contributed by atoms with Gasteiger partial charge in [-0.15, -0.1) is 0 Å². The number of hydrogen-bond acceptors (Lipinski definition) is 3. The minimum Gasteiger partial charge on any atom is -0.334 e. The van der Waals surface area contributed by atoms with Crippen molar-refractivity contribution < 1.29 is 0 Å². The minimum absolute atomic E-state index is 0.176. The molecular weight excluding hydrogens is 753 g/mol. The highest BCUT2D eigenvalue weighted by molar-refractivity contribution is 6.27. The molecular formula is C58H48N4. The summed E-state index contributed by atoms with van der Waals surface area (Å²) in [6.45, 7) is 8.95. The molecule has 5 aliphatic rings. The van der Waals surface area contributed by atoms with E-state index in [0.29, 0.717) is 0 Å². The highest BCUT2D eigenvalue weighted by Gasteiger charge is 2.50.